The van der Waals surface area contributed by atoms with Crippen molar-refractivity contribution in [1.29, 1.82) is 0 Å². The van der Waals surface area contributed by atoms with Crippen molar-refractivity contribution in [3.63, 3.8) is 0 Å². The molecule has 4 N–H and O–H groups in total. The Hall–Kier alpha value is -3.43. The fourth-order valence-corrected chi connectivity index (χ4v) is 5.42. The molecule has 1 saturated heterocycles. The molecule has 2 aliphatic rings. The molecule has 2 aromatic carbocycles. The van der Waals surface area contributed by atoms with Crippen molar-refractivity contribution in [1.82, 2.24) is 16.0 Å². The number of aliphatic hydroxyl groups is 1. The predicted octanol–water partition coefficient (Wildman–Crippen LogP) is 2.95. The summed E-state index contributed by atoms with van der Waals surface area (Å²) in [6, 6.07) is 13.8. The Labute approximate surface area is 236 Å². The molecule has 1 saturated carbocycles. The van der Waals surface area contributed by atoms with Crippen LogP contribution in [0.25, 0.3) is 0 Å². The topological polar surface area (TPSA) is 120 Å². The summed E-state index contributed by atoms with van der Waals surface area (Å²) in [6.45, 7) is 2.51. The van der Waals surface area contributed by atoms with E-state index < -0.39 is 18.2 Å². The van der Waals surface area contributed by atoms with E-state index in [0.717, 1.165) is 37.7 Å². The van der Waals surface area contributed by atoms with Crippen molar-refractivity contribution in [2.45, 2.75) is 82.5 Å². The number of nitrogens with one attached hydrogen (secondary N) is 3. The average Bonchev–Trinajstić information content (AvgIpc) is 3.41. The number of carbonyl (C=O) groups excluding carboxylic acids is 3. The Kier molecular flexibility index (Phi) is 10.5. The van der Waals surface area contributed by atoms with Crippen molar-refractivity contribution in [3.8, 4) is 5.75 Å². The summed E-state index contributed by atoms with van der Waals surface area (Å²) in [5.41, 5.74) is 1.92. The zero-order valence-electron chi connectivity index (χ0n) is 23.5. The maximum absolute atomic E-state index is 13.5. The van der Waals surface area contributed by atoms with Gasteiger partial charge in [-0.1, -0.05) is 49.6 Å². The Morgan fingerprint density at radius 1 is 1.07 bits per heavy atom. The van der Waals surface area contributed by atoms with Crippen molar-refractivity contribution < 1.29 is 24.2 Å². The van der Waals surface area contributed by atoms with Crippen molar-refractivity contribution in [3.05, 3.63) is 59.7 Å². The van der Waals surface area contributed by atoms with E-state index in [4.69, 9.17) is 4.74 Å². The van der Waals surface area contributed by atoms with E-state index in [-0.39, 0.29) is 30.3 Å². The molecule has 9 heteroatoms. The molecule has 1 aliphatic carbocycles. The summed E-state index contributed by atoms with van der Waals surface area (Å²) < 4.78 is 5.42. The minimum absolute atomic E-state index is 0.0182. The highest BCUT2D eigenvalue weighted by molar-refractivity contribution is 5.99. The Morgan fingerprint density at radius 2 is 1.82 bits per heavy atom. The second-order valence-electron chi connectivity index (χ2n) is 10.9. The summed E-state index contributed by atoms with van der Waals surface area (Å²) in [4.78, 5) is 40.2. The predicted molar refractivity (Wildman–Crippen MR) is 154 cm³/mol. The number of ether oxygens (including phenoxy) is 1. The molecular weight excluding hydrogens is 508 g/mol. The van der Waals surface area contributed by atoms with Crippen molar-refractivity contribution >= 4 is 23.4 Å². The van der Waals surface area contributed by atoms with Crippen LogP contribution in [-0.4, -0.2) is 67.3 Å². The Balaban J connectivity index is 1.44. The van der Waals surface area contributed by atoms with Crippen LogP contribution in [-0.2, 0) is 16.0 Å². The molecule has 0 unspecified atom stereocenters. The van der Waals surface area contributed by atoms with Gasteiger partial charge in [-0.25, -0.2) is 0 Å². The maximum atomic E-state index is 13.5. The normalized spacial score (nSPS) is 18.2. The molecule has 1 heterocycles. The highest BCUT2D eigenvalue weighted by Crippen LogP contribution is 2.28. The number of benzene rings is 2. The zero-order valence-corrected chi connectivity index (χ0v) is 23.5. The summed E-state index contributed by atoms with van der Waals surface area (Å²) in [5, 5.41) is 20.4. The molecule has 0 radical (unpaired) electrons. The second kappa shape index (κ2) is 14.3. The lowest BCUT2D eigenvalue weighted by Gasteiger charge is -2.27. The highest BCUT2D eigenvalue weighted by atomic mass is 16.5. The van der Waals surface area contributed by atoms with Gasteiger partial charge in [0.1, 0.15) is 5.75 Å². The zero-order chi connectivity index (χ0) is 28.5. The van der Waals surface area contributed by atoms with Gasteiger partial charge in [0.25, 0.3) is 5.91 Å². The number of hydrogen-bond donors (Lipinski definition) is 4. The third-order valence-corrected chi connectivity index (χ3v) is 7.83. The molecule has 0 spiro atoms. The summed E-state index contributed by atoms with van der Waals surface area (Å²) in [6.07, 6.45) is 6.19. The fourth-order valence-electron chi connectivity index (χ4n) is 5.42. The van der Waals surface area contributed by atoms with Crippen molar-refractivity contribution in [2.24, 2.45) is 0 Å². The van der Waals surface area contributed by atoms with E-state index >= 15 is 0 Å². The molecule has 3 amide bonds. The lowest BCUT2D eigenvalue weighted by atomic mass is 9.95. The first-order chi connectivity index (χ1) is 19.3. The van der Waals surface area contributed by atoms with E-state index in [1.165, 1.54) is 13.5 Å². The van der Waals surface area contributed by atoms with Crippen LogP contribution in [0.1, 0.15) is 67.8 Å². The first-order valence-corrected chi connectivity index (χ1v) is 14.4. The van der Waals surface area contributed by atoms with Gasteiger partial charge in [-0.2, -0.15) is 0 Å². The Bertz CT molecular complexity index is 1150. The van der Waals surface area contributed by atoms with Gasteiger partial charge in [0.15, 0.2) is 0 Å². The van der Waals surface area contributed by atoms with Crippen LogP contribution in [0.5, 0.6) is 5.75 Å². The number of aliphatic hydroxyl groups excluding tert-OH is 1. The first-order valence-electron chi connectivity index (χ1n) is 14.4. The maximum Gasteiger partial charge on any atom is 0.251 e. The molecule has 0 aromatic heterocycles. The minimum Gasteiger partial charge on any atom is -0.497 e. The quantitative estimate of drug-likeness (QED) is 0.323. The van der Waals surface area contributed by atoms with Crippen LogP contribution in [0.3, 0.4) is 0 Å². The third-order valence-electron chi connectivity index (χ3n) is 7.83. The monoisotopic (exact) mass is 550 g/mol. The number of amides is 3. The summed E-state index contributed by atoms with van der Waals surface area (Å²) in [5.74, 6) is 0.0321. The average molecular weight is 551 g/mol. The lowest BCUT2D eigenvalue weighted by Crippen LogP contribution is -2.53. The van der Waals surface area contributed by atoms with E-state index in [2.05, 4.69) is 16.0 Å². The number of hydrogen-bond acceptors (Lipinski definition) is 6. The van der Waals surface area contributed by atoms with Crippen molar-refractivity contribution in [2.75, 3.05) is 25.1 Å². The smallest absolute Gasteiger partial charge is 0.251 e. The lowest BCUT2D eigenvalue weighted by molar-refractivity contribution is -0.123. The van der Waals surface area contributed by atoms with Gasteiger partial charge in [0.05, 0.1) is 25.3 Å². The number of nitrogens with zero attached hydrogens (tertiary/aromatic N) is 1. The van der Waals surface area contributed by atoms with Crippen LogP contribution < -0.4 is 25.6 Å². The van der Waals surface area contributed by atoms with Crippen LogP contribution >= 0.6 is 0 Å². The largest absolute Gasteiger partial charge is 0.497 e. The minimum atomic E-state index is -0.959. The number of methoxy groups -OCH3 is 1. The molecule has 3 atom stereocenters. The molecule has 4 rings (SSSR count). The highest BCUT2D eigenvalue weighted by Gasteiger charge is 2.27. The molecule has 0 bridgehead atoms. The summed E-state index contributed by atoms with van der Waals surface area (Å²) >= 11 is 0. The van der Waals surface area contributed by atoms with Crippen LogP contribution in [0.4, 0.5) is 5.69 Å². The number of rotatable bonds is 12. The van der Waals surface area contributed by atoms with Gasteiger partial charge < -0.3 is 30.7 Å². The molecule has 40 heavy (non-hydrogen) atoms. The number of carbonyl (C=O) groups is 3. The third kappa shape index (κ3) is 8.05. The van der Waals surface area contributed by atoms with Crippen LogP contribution in [0.15, 0.2) is 48.5 Å². The molecular formula is C31H42N4O5. The SMILES string of the molecule is COc1cc(C(=O)N[C@@H](Cc2ccccc2)[C@@H](O)CN[C@@H](C)C(=O)NC2CCCCC2)cc(N2CCCC2=O)c1. The van der Waals surface area contributed by atoms with Gasteiger partial charge in [-0.05, 0) is 50.3 Å². The molecule has 9 nitrogen and oxygen atoms in total. The molecule has 216 valence electrons. The molecule has 2 aromatic rings. The second-order valence-corrected chi connectivity index (χ2v) is 10.9. The standard InChI is InChI=1S/C31H42N4O5/c1-21(30(38)33-24-12-7-4-8-13-24)32-20-28(36)27(16-22-10-5-3-6-11-22)34-31(39)23-17-25(19-26(18-23)40-2)35-15-9-14-29(35)37/h3,5-6,10-11,17-19,21,24,27-28,32,36H,4,7-9,12-16,20H2,1-2H3,(H,33,38)(H,34,39)/t21-,27-,28-/m0/s1. The Morgan fingerprint density at radius 3 is 2.50 bits per heavy atom. The van der Waals surface area contributed by atoms with Gasteiger partial charge in [0, 0.05) is 42.9 Å². The van der Waals surface area contributed by atoms with E-state index in [1.54, 1.807) is 30.0 Å². The summed E-state index contributed by atoms with van der Waals surface area (Å²) in [7, 11) is 1.52. The van der Waals surface area contributed by atoms with E-state index in [0.29, 0.717) is 36.4 Å². The fraction of sp³-hybridized carbons (Fsp3) is 0.516. The van der Waals surface area contributed by atoms with Gasteiger partial charge in [-0.3, -0.25) is 14.4 Å². The van der Waals surface area contributed by atoms with Gasteiger partial charge >= 0.3 is 0 Å². The van der Waals surface area contributed by atoms with Gasteiger partial charge in [-0.15, -0.1) is 0 Å². The van der Waals surface area contributed by atoms with Crippen LogP contribution in [0, 0.1) is 0 Å². The molecule has 2 fully saturated rings. The van der Waals surface area contributed by atoms with E-state index in [1.807, 2.05) is 30.3 Å². The van der Waals surface area contributed by atoms with E-state index in [9.17, 15) is 19.5 Å². The van der Waals surface area contributed by atoms with Gasteiger partial charge in [0.2, 0.25) is 11.8 Å². The molecule has 1 aliphatic heterocycles. The first kappa shape index (κ1) is 29.6. The van der Waals surface area contributed by atoms with Crippen LogP contribution in [0.2, 0.25) is 0 Å². The number of anilines is 1.